The van der Waals surface area contributed by atoms with Crippen molar-refractivity contribution in [3.63, 3.8) is 0 Å². The molecule has 1 N–H and O–H groups in total. The van der Waals surface area contributed by atoms with E-state index in [4.69, 9.17) is 0 Å². The largest absolute Gasteiger partial charge is 0.353 e. The number of hydrogen-bond acceptors (Lipinski definition) is 5. The minimum absolute atomic E-state index is 0.0164. The molecule has 1 aromatic heterocycles. The summed E-state index contributed by atoms with van der Waals surface area (Å²) >= 11 is 0. The van der Waals surface area contributed by atoms with Crippen molar-refractivity contribution in [3.8, 4) is 0 Å². The van der Waals surface area contributed by atoms with Crippen LogP contribution in [0.1, 0.15) is 12.5 Å². The van der Waals surface area contributed by atoms with E-state index < -0.39 is 0 Å². The molecule has 1 aromatic carbocycles. The summed E-state index contributed by atoms with van der Waals surface area (Å²) in [5.74, 6) is 0.581. The number of hydrogen-bond donors (Lipinski definition) is 1. The Bertz CT molecular complexity index is 686. The average molecular weight is 343 g/mol. The number of nitrogens with one attached hydrogen (secondary N) is 1. The van der Waals surface area contributed by atoms with E-state index in [1.54, 1.807) is 30.7 Å². The lowest BCUT2D eigenvalue weighted by atomic mass is 10.2. The third-order valence-corrected chi connectivity index (χ3v) is 4.49. The summed E-state index contributed by atoms with van der Waals surface area (Å²) < 4.78 is 12.9. The van der Waals surface area contributed by atoms with Gasteiger partial charge >= 0.3 is 0 Å². The molecule has 0 bridgehead atoms. The Kier molecular flexibility index (Phi) is 5.55. The normalized spacial score (nSPS) is 16.5. The first-order chi connectivity index (χ1) is 12.1. The minimum atomic E-state index is -0.274. The quantitative estimate of drug-likeness (QED) is 0.890. The van der Waals surface area contributed by atoms with Crippen molar-refractivity contribution in [2.24, 2.45) is 0 Å². The molecule has 2 heterocycles. The van der Waals surface area contributed by atoms with Crippen LogP contribution in [0.4, 0.5) is 10.2 Å². The second-order valence-corrected chi connectivity index (χ2v) is 6.11. The van der Waals surface area contributed by atoms with Crippen LogP contribution < -0.4 is 10.2 Å². The van der Waals surface area contributed by atoms with E-state index in [0.29, 0.717) is 6.54 Å². The molecule has 0 saturated carbocycles. The zero-order valence-corrected chi connectivity index (χ0v) is 14.2. The summed E-state index contributed by atoms with van der Waals surface area (Å²) in [6.45, 7) is 5.53. The minimum Gasteiger partial charge on any atom is -0.353 e. The van der Waals surface area contributed by atoms with Crippen molar-refractivity contribution in [1.82, 2.24) is 20.2 Å². The van der Waals surface area contributed by atoms with Crippen LogP contribution in [0.5, 0.6) is 0 Å². The van der Waals surface area contributed by atoms with Crippen molar-refractivity contribution < 1.29 is 9.18 Å². The molecule has 3 rings (SSSR count). The third kappa shape index (κ3) is 4.51. The van der Waals surface area contributed by atoms with E-state index in [2.05, 4.69) is 25.1 Å². The number of carbonyl (C=O) groups excluding carboxylic acids is 1. The van der Waals surface area contributed by atoms with Gasteiger partial charge in [0.05, 0.1) is 12.2 Å². The molecule has 1 aliphatic heterocycles. The highest BCUT2D eigenvalue weighted by Gasteiger charge is 2.25. The van der Waals surface area contributed by atoms with Crippen LogP contribution in [0.3, 0.4) is 0 Å². The number of benzene rings is 1. The van der Waals surface area contributed by atoms with Crippen LogP contribution in [0.2, 0.25) is 0 Å². The maximum absolute atomic E-state index is 12.9. The molecule has 6 nitrogen and oxygen atoms in total. The number of nitrogens with zero attached hydrogens (tertiary/aromatic N) is 4. The monoisotopic (exact) mass is 343 g/mol. The van der Waals surface area contributed by atoms with Crippen LogP contribution >= 0.6 is 0 Å². The zero-order chi connectivity index (χ0) is 17.6. The highest BCUT2D eigenvalue weighted by atomic mass is 19.1. The van der Waals surface area contributed by atoms with Crippen LogP contribution in [-0.2, 0) is 11.3 Å². The lowest BCUT2D eigenvalue weighted by Crippen LogP contribution is -2.54. The van der Waals surface area contributed by atoms with Gasteiger partial charge in [-0.15, -0.1) is 0 Å². The Balaban J connectivity index is 1.47. The van der Waals surface area contributed by atoms with Gasteiger partial charge in [0.15, 0.2) is 0 Å². The summed E-state index contributed by atoms with van der Waals surface area (Å²) in [5, 5.41) is 2.92. The van der Waals surface area contributed by atoms with Gasteiger partial charge in [-0.2, -0.15) is 0 Å². The van der Waals surface area contributed by atoms with Gasteiger partial charge < -0.3 is 10.2 Å². The standard InChI is InChI=1S/C18H22FN5O/c1-14(18(25)22-12-15-2-4-16(19)5-3-15)23-8-10-24(11-9-23)17-13-20-6-7-21-17/h2-7,13-14H,8-12H2,1H3,(H,22,25)/t14-/m0/s1. The average Bonchev–Trinajstić information content (AvgIpc) is 2.67. The number of piperazine rings is 1. The summed E-state index contributed by atoms with van der Waals surface area (Å²) in [7, 11) is 0. The fraction of sp³-hybridized carbons (Fsp3) is 0.389. The molecule has 7 heteroatoms. The lowest BCUT2D eigenvalue weighted by Gasteiger charge is -2.37. The van der Waals surface area contributed by atoms with Crippen LogP contribution in [0.25, 0.3) is 0 Å². The van der Waals surface area contributed by atoms with Gasteiger partial charge in [0, 0.05) is 45.1 Å². The number of halogens is 1. The SMILES string of the molecule is C[C@@H](C(=O)NCc1ccc(F)cc1)N1CCN(c2cnccn2)CC1. The molecule has 25 heavy (non-hydrogen) atoms. The maximum Gasteiger partial charge on any atom is 0.237 e. The van der Waals surface area contributed by atoms with Crippen LogP contribution in [0.15, 0.2) is 42.9 Å². The second-order valence-electron chi connectivity index (χ2n) is 6.11. The van der Waals surface area contributed by atoms with Crippen LogP contribution in [-0.4, -0.2) is 53.0 Å². The van der Waals surface area contributed by atoms with E-state index in [9.17, 15) is 9.18 Å². The molecule has 0 unspecified atom stereocenters. The molecule has 2 aromatic rings. The fourth-order valence-corrected chi connectivity index (χ4v) is 2.90. The van der Waals surface area contributed by atoms with E-state index in [-0.39, 0.29) is 17.8 Å². The molecule has 1 amide bonds. The van der Waals surface area contributed by atoms with Crippen molar-refractivity contribution in [2.45, 2.75) is 19.5 Å². The molecule has 1 aliphatic rings. The van der Waals surface area contributed by atoms with Crippen molar-refractivity contribution >= 4 is 11.7 Å². The van der Waals surface area contributed by atoms with E-state index in [1.807, 2.05) is 6.92 Å². The summed E-state index contributed by atoms with van der Waals surface area (Å²) in [5.41, 5.74) is 0.884. The molecular formula is C18H22FN5O. The smallest absolute Gasteiger partial charge is 0.237 e. The van der Waals surface area contributed by atoms with Crippen molar-refractivity contribution in [3.05, 3.63) is 54.2 Å². The van der Waals surface area contributed by atoms with Gasteiger partial charge in [-0.3, -0.25) is 14.7 Å². The Morgan fingerprint density at radius 1 is 1.20 bits per heavy atom. The molecule has 0 aliphatic carbocycles. The van der Waals surface area contributed by atoms with Gasteiger partial charge in [0.2, 0.25) is 5.91 Å². The molecule has 1 fully saturated rings. The Hall–Kier alpha value is -2.54. The Morgan fingerprint density at radius 3 is 2.56 bits per heavy atom. The third-order valence-electron chi connectivity index (χ3n) is 4.49. The molecule has 0 radical (unpaired) electrons. The molecular weight excluding hydrogens is 321 g/mol. The van der Waals surface area contributed by atoms with Gasteiger partial charge in [-0.1, -0.05) is 12.1 Å². The zero-order valence-electron chi connectivity index (χ0n) is 14.2. The van der Waals surface area contributed by atoms with Gasteiger partial charge in [-0.25, -0.2) is 9.37 Å². The first-order valence-corrected chi connectivity index (χ1v) is 8.40. The van der Waals surface area contributed by atoms with Crippen LogP contribution in [0, 0.1) is 5.82 Å². The second kappa shape index (κ2) is 8.02. The molecule has 1 saturated heterocycles. The Morgan fingerprint density at radius 2 is 1.92 bits per heavy atom. The first kappa shape index (κ1) is 17.3. The van der Waals surface area contributed by atoms with Gasteiger partial charge in [0.1, 0.15) is 11.6 Å². The van der Waals surface area contributed by atoms with E-state index in [0.717, 1.165) is 37.6 Å². The fourth-order valence-electron chi connectivity index (χ4n) is 2.90. The number of amides is 1. The topological polar surface area (TPSA) is 61.4 Å². The van der Waals surface area contributed by atoms with E-state index in [1.165, 1.54) is 12.1 Å². The number of anilines is 1. The molecule has 1 atom stereocenters. The maximum atomic E-state index is 12.9. The van der Waals surface area contributed by atoms with Gasteiger partial charge in [0.25, 0.3) is 0 Å². The van der Waals surface area contributed by atoms with Crippen molar-refractivity contribution in [1.29, 1.82) is 0 Å². The summed E-state index contributed by atoms with van der Waals surface area (Å²) in [6, 6.07) is 5.96. The summed E-state index contributed by atoms with van der Waals surface area (Å²) in [4.78, 5) is 25.1. The van der Waals surface area contributed by atoms with Crippen molar-refractivity contribution in [2.75, 3.05) is 31.1 Å². The predicted octanol–water partition coefficient (Wildman–Crippen LogP) is 1.44. The predicted molar refractivity (Wildman–Crippen MR) is 93.5 cm³/mol. The first-order valence-electron chi connectivity index (χ1n) is 8.40. The highest BCUT2D eigenvalue weighted by Crippen LogP contribution is 2.13. The number of rotatable bonds is 5. The number of carbonyl (C=O) groups is 1. The highest BCUT2D eigenvalue weighted by molar-refractivity contribution is 5.81. The lowest BCUT2D eigenvalue weighted by molar-refractivity contribution is -0.126. The Labute approximate surface area is 146 Å². The van der Waals surface area contributed by atoms with E-state index >= 15 is 0 Å². The summed E-state index contributed by atoms with van der Waals surface area (Å²) in [6.07, 6.45) is 5.11. The van der Waals surface area contributed by atoms with Gasteiger partial charge in [-0.05, 0) is 24.6 Å². The number of aromatic nitrogens is 2. The molecule has 132 valence electrons. The molecule has 0 spiro atoms.